The second-order valence-electron chi connectivity index (χ2n) is 6.28. The number of carboxylic acids is 1. The largest absolute Gasteiger partial charge is 0.481 e. The maximum atomic E-state index is 12.3. The Morgan fingerprint density at radius 3 is 2.71 bits per heavy atom. The van der Waals surface area contributed by atoms with Crippen LogP contribution in [0, 0.1) is 5.92 Å². The van der Waals surface area contributed by atoms with Gasteiger partial charge in [-0.2, -0.15) is 0 Å². The molecule has 1 unspecified atom stereocenters. The Labute approximate surface area is 141 Å². The van der Waals surface area contributed by atoms with E-state index in [1.54, 1.807) is 4.90 Å². The van der Waals surface area contributed by atoms with Crippen LogP contribution in [0.4, 0.5) is 0 Å². The molecule has 1 aromatic carbocycles. The molecule has 0 radical (unpaired) electrons. The maximum Gasteiger partial charge on any atom is 0.308 e. The van der Waals surface area contributed by atoms with E-state index < -0.39 is 11.9 Å². The number of H-pyrrole nitrogens is 1. The highest BCUT2D eigenvalue weighted by atomic mass is 16.4. The molecule has 5 nitrogen and oxygen atoms in total. The van der Waals surface area contributed by atoms with Crippen LogP contribution in [0.25, 0.3) is 11.3 Å². The van der Waals surface area contributed by atoms with Crippen molar-refractivity contribution in [2.75, 3.05) is 13.1 Å². The van der Waals surface area contributed by atoms with Crippen molar-refractivity contribution in [1.29, 1.82) is 0 Å². The zero-order valence-corrected chi connectivity index (χ0v) is 13.6. The summed E-state index contributed by atoms with van der Waals surface area (Å²) in [5.74, 6) is -1.18. The molecule has 1 aliphatic heterocycles. The van der Waals surface area contributed by atoms with Crippen molar-refractivity contribution in [2.24, 2.45) is 5.92 Å². The van der Waals surface area contributed by atoms with Crippen molar-refractivity contribution in [3.8, 4) is 11.3 Å². The molecule has 0 aliphatic carbocycles. The number of rotatable bonds is 5. The van der Waals surface area contributed by atoms with Crippen molar-refractivity contribution < 1.29 is 14.7 Å². The van der Waals surface area contributed by atoms with Crippen LogP contribution in [0.5, 0.6) is 0 Å². The lowest BCUT2D eigenvalue weighted by atomic mass is 9.98. The van der Waals surface area contributed by atoms with E-state index in [9.17, 15) is 9.59 Å². The molecule has 126 valence electrons. The molecule has 2 N–H and O–H groups in total. The lowest BCUT2D eigenvalue weighted by Crippen LogP contribution is -2.42. The van der Waals surface area contributed by atoms with Gasteiger partial charge < -0.3 is 15.0 Å². The summed E-state index contributed by atoms with van der Waals surface area (Å²) in [6, 6.07) is 14.1. The predicted octanol–water partition coefficient (Wildman–Crippen LogP) is 2.94. The minimum absolute atomic E-state index is 0.0387. The maximum absolute atomic E-state index is 12.3. The molecule has 1 atom stereocenters. The predicted molar refractivity (Wildman–Crippen MR) is 91.5 cm³/mol. The number of aromatic nitrogens is 1. The molecule has 0 saturated carbocycles. The van der Waals surface area contributed by atoms with Crippen LogP contribution in [-0.4, -0.2) is 40.0 Å². The first-order valence-electron chi connectivity index (χ1n) is 8.37. The van der Waals surface area contributed by atoms with Gasteiger partial charge in [0.25, 0.3) is 0 Å². The van der Waals surface area contributed by atoms with Crippen LogP contribution >= 0.6 is 0 Å². The topological polar surface area (TPSA) is 73.4 Å². The summed E-state index contributed by atoms with van der Waals surface area (Å²) in [5, 5.41) is 9.11. The highest BCUT2D eigenvalue weighted by Crippen LogP contribution is 2.20. The van der Waals surface area contributed by atoms with Gasteiger partial charge >= 0.3 is 5.97 Å². The summed E-state index contributed by atoms with van der Waals surface area (Å²) in [5.41, 5.74) is 3.19. The zero-order chi connectivity index (χ0) is 16.9. The average molecular weight is 326 g/mol. The van der Waals surface area contributed by atoms with Crippen molar-refractivity contribution >= 4 is 11.9 Å². The van der Waals surface area contributed by atoms with Gasteiger partial charge in [-0.3, -0.25) is 9.59 Å². The molecule has 1 saturated heterocycles. The molecule has 3 rings (SSSR count). The van der Waals surface area contributed by atoms with Crippen LogP contribution < -0.4 is 0 Å². The molecule has 2 heterocycles. The van der Waals surface area contributed by atoms with E-state index >= 15 is 0 Å². The van der Waals surface area contributed by atoms with Crippen LogP contribution in [0.2, 0.25) is 0 Å². The van der Waals surface area contributed by atoms with Crippen LogP contribution in [0.3, 0.4) is 0 Å². The molecule has 0 bridgehead atoms. The zero-order valence-electron chi connectivity index (χ0n) is 13.6. The molecular weight excluding hydrogens is 304 g/mol. The molecule has 1 amide bonds. The summed E-state index contributed by atoms with van der Waals surface area (Å²) >= 11 is 0. The first kappa shape index (κ1) is 16.3. The summed E-state index contributed by atoms with van der Waals surface area (Å²) in [7, 11) is 0. The van der Waals surface area contributed by atoms with Crippen LogP contribution in [-0.2, 0) is 16.0 Å². The van der Waals surface area contributed by atoms with Gasteiger partial charge in [-0.25, -0.2) is 0 Å². The van der Waals surface area contributed by atoms with E-state index in [2.05, 4.69) is 4.98 Å². The van der Waals surface area contributed by atoms with Crippen molar-refractivity contribution in [3.63, 3.8) is 0 Å². The van der Waals surface area contributed by atoms with Crippen LogP contribution in [0.15, 0.2) is 42.5 Å². The third-order valence-corrected chi connectivity index (χ3v) is 4.56. The number of amides is 1. The number of aryl methyl sites for hydroxylation is 1. The molecular formula is C19H22N2O3. The van der Waals surface area contributed by atoms with E-state index in [-0.39, 0.29) is 5.91 Å². The van der Waals surface area contributed by atoms with E-state index in [1.807, 2.05) is 42.5 Å². The van der Waals surface area contributed by atoms with Gasteiger partial charge in [0.2, 0.25) is 5.91 Å². The number of aliphatic carboxylic acids is 1. The first-order chi connectivity index (χ1) is 11.6. The Bertz CT molecular complexity index is 708. The minimum Gasteiger partial charge on any atom is -0.481 e. The number of hydrogen-bond acceptors (Lipinski definition) is 2. The van der Waals surface area contributed by atoms with E-state index in [4.69, 9.17) is 5.11 Å². The summed E-state index contributed by atoms with van der Waals surface area (Å²) in [4.78, 5) is 28.5. The molecule has 24 heavy (non-hydrogen) atoms. The fourth-order valence-electron chi connectivity index (χ4n) is 3.18. The van der Waals surface area contributed by atoms with Gasteiger partial charge in [-0.1, -0.05) is 30.3 Å². The SMILES string of the molecule is O=C(O)C1CCCN(C(=O)CCc2ccc(-c3ccccc3)[nH]2)C1. The fourth-order valence-corrected chi connectivity index (χ4v) is 3.18. The Morgan fingerprint density at radius 2 is 1.96 bits per heavy atom. The Balaban J connectivity index is 1.55. The molecule has 2 aromatic rings. The van der Waals surface area contributed by atoms with E-state index in [0.717, 1.165) is 23.4 Å². The molecule has 1 fully saturated rings. The Kier molecular flexibility index (Phi) is 4.99. The average Bonchev–Trinajstić information content (AvgIpc) is 3.09. The van der Waals surface area contributed by atoms with Gasteiger partial charge in [-0.15, -0.1) is 0 Å². The number of carbonyl (C=O) groups excluding carboxylic acids is 1. The second-order valence-corrected chi connectivity index (χ2v) is 6.28. The standard InChI is InChI=1S/C19H22N2O3/c22-18(21-12-4-7-15(13-21)19(23)24)11-9-16-8-10-17(20-16)14-5-2-1-3-6-14/h1-3,5-6,8,10,15,20H,4,7,9,11-13H2,(H,23,24). The molecule has 1 aliphatic rings. The molecule has 0 spiro atoms. The number of aromatic amines is 1. The molecule has 5 heteroatoms. The third-order valence-electron chi connectivity index (χ3n) is 4.56. The molecule has 1 aromatic heterocycles. The highest BCUT2D eigenvalue weighted by molar-refractivity contribution is 5.78. The van der Waals surface area contributed by atoms with Gasteiger partial charge in [0.1, 0.15) is 0 Å². The normalized spacial score (nSPS) is 17.7. The monoisotopic (exact) mass is 326 g/mol. The van der Waals surface area contributed by atoms with Crippen molar-refractivity contribution in [2.45, 2.75) is 25.7 Å². The number of hydrogen-bond donors (Lipinski definition) is 2. The first-order valence-corrected chi connectivity index (χ1v) is 8.37. The lowest BCUT2D eigenvalue weighted by Gasteiger charge is -2.30. The van der Waals surface area contributed by atoms with Gasteiger partial charge in [0.05, 0.1) is 5.92 Å². The second kappa shape index (κ2) is 7.34. The van der Waals surface area contributed by atoms with E-state index in [0.29, 0.717) is 32.4 Å². The smallest absolute Gasteiger partial charge is 0.308 e. The summed E-state index contributed by atoms with van der Waals surface area (Å²) in [6.45, 7) is 1.01. The summed E-state index contributed by atoms with van der Waals surface area (Å²) in [6.07, 6.45) is 2.47. The van der Waals surface area contributed by atoms with Gasteiger partial charge in [-0.05, 0) is 37.0 Å². The number of piperidine rings is 1. The number of likely N-dealkylation sites (tertiary alicyclic amines) is 1. The Hall–Kier alpha value is -2.56. The number of nitrogens with one attached hydrogen (secondary N) is 1. The van der Waals surface area contributed by atoms with Crippen LogP contribution in [0.1, 0.15) is 25.0 Å². The quantitative estimate of drug-likeness (QED) is 0.887. The van der Waals surface area contributed by atoms with E-state index in [1.165, 1.54) is 0 Å². The van der Waals surface area contributed by atoms with Crippen molar-refractivity contribution in [1.82, 2.24) is 9.88 Å². The number of carboxylic acid groups (broad SMARTS) is 1. The lowest BCUT2D eigenvalue weighted by molar-refractivity contribution is -0.145. The third kappa shape index (κ3) is 3.85. The van der Waals surface area contributed by atoms with Gasteiger partial charge in [0, 0.05) is 30.9 Å². The fraction of sp³-hybridized carbons (Fsp3) is 0.368. The van der Waals surface area contributed by atoms with Crippen molar-refractivity contribution in [3.05, 3.63) is 48.2 Å². The Morgan fingerprint density at radius 1 is 1.17 bits per heavy atom. The number of carbonyl (C=O) groups is 2. The highest BCUT2D eigenvalue weighted by Gasteiger charge is 2.27. The summed E-state index contributed by atoms with van der Waals surface area (Å²) < 4.78 is 0. The van der Waals surface area contributed by atoms with Gasteiger partial charge in [0.15, 0.2) is 0 Å². The number of nitrogens with zero attached hydrogens (tertiary/aromatic N) is 1. The minimum atomic E-state index is -0.802. The number of benzene rings is 1.